The quantitative estimate of drug-likeness (QED) is 0.227. The van der Waals surface area contributed by atoms with Crippen LogP contribution in [0.2, 0.25) is 0 Å². The zero-order valence-corrected chi connectivity index (χ0v) is 9.54. The minimum Gasteiger partial charge on any atom is -0.409 e. The molecule has 0 spiro atoms. The molecule has 0 heterocycles. The Morgan fingerprint density at radius 3 is 2.53 bits per heavy atom. The van der Waals surface area contributed by atoms with Gasteiger partial charge in [0.1, 0.15) is 6.10 Å². The smallest absolute Gasteiger partial charge is 0.389 e. The van der Waals surface area contributed by atoms with E-state index < -0.39 is 18.7 Å². The van der Waals surface area contributed by atoms with Crippen molar-refractivity contribution in [1.29, 1.82) is 0 Å². The van der Waals surface area contributed by atoms with Gasteiger partial charge in [0.25, 0.3) is 0 Å². The summed E-state index contributed by atoms with van der Waals surface area (Å²) < 4.78 is 45.2. The molecule has 0 aromatic heterocycles. The van der Waals surface area contributed by atoms with Crippen LogP contribution in [0.15, 0.2) is 5.16 Å². The minimum absolute atomic E-state index is 0.0286. The van der Waals surface area contributed by atoms with Gasteiger partial charge in [-0.25, -0.2) is 0 Å². The number of halogens is 3. The van der Waals surface area contributed by atoms with Crippen LogP contribution in [0.25, 0.3) is 0 Å². The first kappa shape index (κ1) is 16.0. The molecule has 0 aromatic carbocycles. The average molecular weight is 258 g/mol. The van der Waals surface area contributed by atoms with Crippen molar-refractivity contribution in [1.82, 2.24) is 0 Å². The molecule has 17 heavy (non-hydrogen) atoms. The molecule has 0 aromatic rings. The van der Waals surface area contributed by atoms with E-state index in [4.69, 9.17) is 20.4 Å². The van der Waals surface area contributed by atoms with Crippen molar-refractivity contribution in [3.8, 4) is 0 Å². The Balaban J connectivity index is 3.36. The molecule has 0 radical (unpaired) electrons. The maximum atomic E-state index is 11.7. The first-order chi connectivity index (χ1) is 7.87. The molecule has 0 fully saturated rings. The van der Waals surface area contributed by atoms with Crippen LogP contribution in [-0.2, 0) is 9.47 Å². The Kier molecular flexibility index (Phi) is 7.64. The van der Waals surface area contributed by atoms with Gasteiger partial charge in [-0.15, -0.1) is 0 Å². The highest BCUT2D eigenvalue weighted by atomic mass is 19.4. The van der Waals surface area contributed by atoms with E-state index >= 15 is 0 Å². The summed E-state index contributed by atoms with van der Waals surface area (Å²) in [6.45, 7) is 1.95. The Morgan fingerprint density at radius 2 is 2.00 bits per heavy atom. The number of ether oxygens (including phenoxy) is 2. The van der Waals surface area contributed by atoms with Gasteiger partial charge in [-0.1, -0.05) is 5.16 Å². The van der Waals surface area contributed by atoms with Crippen LogP contribution in [0.5, 0.6) is 0 Å². The molecule has 0 rings (SSSR count). The van der Waals surface area contributed by atoms with Crippen LogP contribution in [0.4, 0.5) is 13.2 Å². The van der Waals surface area contributed by atoms with Crippen LogP contribution >= 0.6 is 0 Å². The molecule has 102 valence electrons. The standard InChI is InChI=1S/C9H17F3N2O3/c1-7(8(13)14-15)17-6-5-16-4-2-3-9(10,11)12/h7,15H,2-6H2,1H3,(H2,13,14). The first-order valence-electron chi connectivity index (χ1n) is 5.10. The number of amidine groups is 1. The van der Waals surface area contributed by atoms with E-state index in [1.165, 1.54) is 0 Å². The van der Waals surface area contributed by atoms with Gasteiger partial charge in [0, 0.05) is 13.0 Å². The molecule has 0 aliphatic heterocycles. The summed E-state index contributed by atoms with van der Waals surface area (Å²) in [6, 6.07) is 0. The highest BCUT2D eigenvalue weighted by molar-refractivity contribution is 5.83. The normalized spacial score (nSPS) is 14.9. The summed E-state index contributed by atoms with van der Waals surface area (Å²) >= 11 is 0. The van der Waals surface area contributed by atoms with Crippen LogP contribution < -0.4 is 5.73 Å². The monoisotopic (exact) mass is 258 g/mol. The van der Waals surface area contributed by atoms with Crippen molar-refractivity contribution in [3.05, 3.63) is 0 Å². The van der Waals surface area contributed by atoms with Gasteiger partial charge in [-0.3, -0.25) is 0 Å². The highest BCUT2D eigenvalue weighted by Crippen LogP contribution is 2.20. The fourth-order valence-corrected chi connectivity index (χ4v) is 0.927. The second kappa shape index (κ2) is 8.13. The summed E-state index contributed by atoms with van der Waals surface area (Å²) in [7, 11) is 0. The number of alkyl halides is 3. The Hall–Kier alpha value is -1.02. The van der Waals surface area contributed by atoms with Crippen molar-refractivity contribution >= 4 is 5.84 Å². The van der Waals surface area contributed by atoms with E-state index in [2.05, 4.69) is 5.16 Å². The number of hydrogen-bond donors (Lipinski definition) is 2. The number of nitrogens with two attached hydrogens (primary N) is 1. The number of oxime groups is 1. The summed E-state index contributed by atoms with van der Waals surface area (Å²) in [6.07, 6.45) is -5.62. The highest BCUT2D eigenvalue weighted by Gasteiger charge is 2.25. The molecule has 1 unspecified atom stereocenters. The summed E-state index contributed by atoms with van der Waals surface area (Å²) in [5.41, 5.74) is 5.24. The summed E-state index contributed by atoms with van der Waals surface area (Å²) in [4.78, 5) is 0. The first-order valence-corrected chi connectivity index (χ1v) is 5.10. The zero-order valence-electron chi connectivity index (χ0n) is 9.54. The topological polar surface area (TPSA) is 77.1 Å². The molecule has 1 atom stereocenters. The van der Waals surface area contributed by atoms with Crippen molar-refractivity contribution in [2.45, 2.75) is 32.0 Å². The third-order valence-corrected chi connectivity index (χ3v) is 1.88. The van der Waals surface area contributed by atoms with E-state index in [1.807, 2.05) is 0 Å². The van der Waals surface area contributed by atoms with Gasteiger partial charge in [0.15, 0.2) is 5.84 Å². The predicted octanol–water partition coefficient (Wildman–Crippen LogP) is 1.50. The summed E-state index contributed by atoms with van der Waals surface area (Å²) in [5, 5.41) is 11.0. The molecular weight excluding hydrogens is 241 g/mol. The Labute approximate surface area is 97.4 Å². The van der Waals surface area contributed by atoms with Crippen molar-refractivity contribution in [2.75, 3.05) is 19.8 Å². The average Bonchev–Trinajstić information content (AvgIpc) is 2.24. The lowest BCUT2D eigenvalue weighted by Gasteiger charge is -2.11. The molecule has 0 aliphatic rings. The van der Waals surface area contributed by atoms with E-state index in [9.17, 15) is 13.2 Å². The number of hydrogen-bond acceptors (Lipinski definition) is 4. The molecule has 3 N–H and O–H groups in total. The third-order valence-electron chi connectivity index (χ3n) is 1.88. The molecule has 0 saturated heterocycles. The Bertz CT molecular complexity index is 234. The Morgan fingerprint density at radius 1 is 1.35 bits per heavy atom. The van der Waals surface area contributed by atoms with E-state index in [-0.39, 0.29) is 32.1 Å². The van der Waals surface area contributed by atoms with Gasteiger partial charge < -0.3 is 20.4 Å². The molecule has 0 bridgehead atoms. The van der Waals surface area contributed by atoms with Gasteiger partial charge in [0.05, 0.1) is 13.2 Å². The predicted molar refractivity (Wildman–Crippen MR) is 54.9 cm³/mol. The second-order valence-corrected chi connectivity index (χ2v) is 3.37. The van der Waals surface area contributed by atoms with Gasteiger partial charge in [-0.2, -0.15) is 13.2 Å². The van der Waals surface area contributed by atoms with Gasteiger partial charge in [-0.05, 0) is 13.3 Å². The lowest BCUT2D eigenvalue weighted by molar-refractivity contribution is -0.138. The molecule has 0 aliphatic carbocycles. The van der Waals surface area contributed by atoms with Crippen LogP contribution in [-0.4, -0.2) is 43.1 Å². The van der Waals surface area contributed by atoms with Crippen molar-refractivity contribution in [2.24, 2.45) is 10.9 Å². The van der Waals surface area contributed by atoms with Crippen molar-refractivity contribution < 1.29 is 27.9 Å². The number of nitrogens with zero attached hydrogens (tertiary/aromatic N) is 1. The second-order valence-electron chi connectivity index (χ2n) is 3.37. The molecular formula is C9H17F3N2O3. The van der Waals surface area contributed by atoms with Gasteiger partial charge >= 0.3 is 6.18 Å². The maximum absolute atomic E-state index is 11.7. The van der Waals surface area contributed by atoms with Crippen LogP contribution in [0, 0.1) is 0 Å². The third kappa shape index (κ3) is 9.88. The fourth-order valence-electron chi connectivity index (χ4n) is 0.927. The van der Waals surface area contributed by atoms with Crippen molar-refractivity contribution in [3.63, 3.8) is 0 Å². The van der Waals surface area contributed by atoms with E-state index in [0.29, 0.717) is 0 Å². The molecule has 5 nitrogen and oxygen atoms in total. The molecule has 0 amide bonds. The lowest BCUT2D eigenvalue weighted by Crippen LogP contribution is -2.29. The van der Waals surface area contributed by atoms with Crippen LogP contribution in [0.1, 0.15) is 19.8 Å². The summed E-state index contributed by atoms with van der Waals surface area (Å²) in [5.74, 6) is -0.0675. The zero-order chi connectivity index (χ0) is 13.3. The van der Waals surface area contributed by atoms with Gasteiger partial charge in [0.2, 0.25) is 0 Å². The van der Waals surface area contributed by atoms with Crippen LogP contribution in [0.3, 0.4) is 0 Å². The SMILES string of the molecule is CC(OCCOCCCC(F)(F)F)C(N)=NO. The number of rotatable bonds is 8. The molecule has 0 saturated carbocycles. The lowest BCUT2D eigenvalue weighted by atomic mass is 10.3. The molecule has 8 heteroatoms. The van der Waals surface area contributed by atoms with E-state index in [1.54, 1.807) is 6.92 Å². The fraction of sp³-hybridized carbons (Fsp3) is 0.889. The minimum atomic E-state index is -4.14. The largest absolute Gasteiger partial charge is 0.409 e. The van der Waals surface area contributed by atoms with E-state index in [0.717, 1.165) is 0 Å². The maximum Gasteiger partial charge on any atom is 0.389 e.